The maximum absolute atomic E-state index is 12.5. The maximum Gasteiger partial charge on any atom is 0.164 e. The van der Waals surface area contributed by atoms with E-state index in [0.717, 1.165) is 19.5 Å². The van der Waals surface area contributed by atoms with E-state index < -0.39 is 0 Å². The van der Waals surface area contributed by atoms with Crippen molar-refractivity contribution in [3.8, 4) is 11.8 Å². The number of rotatable bonds is 4. The molecule has 0 amide bonds. The zero-order chi connectivity index (χ0) is 14.5. The number of carbonyl (C=O) groups excluding carboxylic acids is 1. The predicted octanol–water partition coefficient (Wildman–Crippen LogP) is 3.65. The van der Waals surface area contributed by atoms with Crippen LogP contribution >= 0.6 is 0 Å². The van der Waals surface area contributed by atoms with Gasteiger partial charge in [0.1, 0.15) is 0 Å². The summed E-state index contributed by atoms with van der Waals surface area (Å²) in [6, 6.07) is 0. The lowest BCUT2D eigenvalue weighted by atomic mass is 9.87. The van der Waals surface area contributed by atoms with E-state index in [1.165, 1.54) is 19.3 Å². The standard InChI is InChI=1S/C17H29NO/c1-6-17(5,18-13-8-7-9-14-18)15(19)11-10-12-16(2,3)4/h6-9,11,13-14H2,1-5H3. The summed E-state index contributed by atoms with van der Waals surface area (Å²) in [6.07, 6.45) is 5.00. The molecular weight excluding hydrogens is 234 g/mol. The largest absolute Gasteiger partial charge is 0.297 e. The van der Waals surface area contributed by atoms with Crippen LogP contribution < -0.4 is 0 Å². The quantitative estimate of drug-likeness (QED) is 0.722. The Morgan fingerprint density at radius 3 is 2.16 bits per heavy atom. The fraction of sp³-hybridized carbons (Fsp3) is 0.824. The summed E-state index contributed by atoms with van der Waals surface area (Å²) in [4.78, 5) is 14.9. The van der Waals surface area contributed by atoms with E-state index in [2.05, 4.69) is 51.4 Å². The molecule has 0 aromatic rings. The summed E-state index contributed by atoms with van der Waals surface area (Å²) in [5.41, 5.74) is -0.332. The number of carbonyl (C=O) groups is 1. The first-order valence-electron chi connectivity index (χ1n) is 7.58. The van der Waals surface area contributed by atoms with E-state index in [9.17, 15) is 4.79 Å². The van der Waals surface area contributed by atoms with Gasteiger partial charge in [0.15, 0.2) is 5.78 Å². The number of hydrogen-bond donors (Lipinski definition) is 0. The Labute approximate surface area is 118 Å². The molecule has 1 rings (SSSR count). The van der Waals surface area contributed by atoms with E-state index in [-0.39, 0.29) is 16.7 Å². The lowest BCUT2D eigenvalue weighted by Gasteiger charge is -2.41. The minimum atomic E-state index is -0.313. The van der Waals surface area contributed by atoms with Crippen molar-refractivity contribution in [1.29, 1.82) is 0 Å². The zero-order valence-corrected chi connectivity index (χ0v) is 13.3. The molecule has 19 heavy (non-hydrogen) atoms. The number of nitrogens with zero attached hydrogens (tertiary/aromatic N) is 1. The maximum atomic E-state index is 12.5. The highest BCUT2D eigenvalue weighted by Gasteiger charge is 2.37. The van der Waals surface area contributed by atoms with Gasteiger partial charge in [0.05, 0.1) is 12.0 Å². The van der Waals surface area contributed by atoms with Crippen molar-refractivity contribution in [2.75, 3.05) is 13.1 Å². The van der Waals surface area contributed by atoms with Crippen LogP contribution in [0.2, 0.25) is 0 Å². The van der Waals surface area contributed by atoms with Gasteiger partial charge in [-0.1, -0.05) is 25.2 Å². The molecular formula is C17H29NO. The van der Waals surface area contributed by atoms with Crippen LogP contribution in [0.1, 0.15) is 66.7 Å². The highest BCUT2D eigenvalue weighted by molar-refractivity contribution is 5.89. The molecule has 0 N–H and O–H groups in total. The summed E-state index contributed by atoms with van der Waals surface area (Å²) in [7, 11) is 0. The Balaban J connectivity index is 2.71. The molecule has 2 nitrogen and oxygen atoms in total. The third-order valence-electron chi connectivity index (χ3n) is 4.06. The number of ketones is 1. The molecule has 0 bridgehead atoms. The van der Waals surface area contributed by atoms with E-state index in [4.69, 9.17) is 0 Å². The van der Waals surface area contributed by atoms with E-state index >= 15 is 0 Å². The van der Waals surface area contributed by atoms with Crippen molar-refractivity contribution in [3.63, 3.8) is 0 Å². The topological polar surface area (TPSA) is 20.3 Å². The summed E-state index contributed by atoms with van der Waals surface area (Å²) in [6.45, 7) is 12.6. The molecule has 1 saturated heterocycles. The number of Topliss-reactive ketones (excluding diaryl/α,β-unsaturated/α-hetero) is 1. The van der Waals surface area contributed by atoms with Gasteiger partial charge in [-0.2, -0.15) is 0 Å². The molecule has 1 fully saturated rings. The zero-order valence-electron chi connectivity index (χ0n) is 13.3. The molecule has 1 heterocycles. The lowest BCUT2D eigenvalue weighted by molar-refractivity contribution is -0.130. The van der Waals surface area contributed by atoms with Crippen molar-refractivity contribution in [2.24, 2.45) is 5.41 Å². The Kier molecular flexibility index (Phi) is 5.62. The molecule has 0 aromatic heterocycles. The second kappa shape index (κ2) is 6.57. The van der Waals surface area contributed by atoms with Crippen LogP contribution in [0.4, 0.5) is 0 Å². The van der Waals surface area contributed by atoms with Crippen LogP contribution in [0.5, 0.6) is 0 Å². The highest BCUT2D eigenvalue weighted by Crippen LogP contribution is 2.26. The Bertz CT molecular complexity index is 363. The van der Waals surface area contributed by atoms with Crippen LogP contribution in [0.3, 0.4) is 0 Å². The predicted molar refractivity (Wildman–Crippen MR) is 81.0 cm³/mol. The average molecular weight is 263 g/mol. The summed E-state index contributed by atoms with van der Waals surface area (Å²) < 4.78 is 0. The second-order valence-electron chi connectivity index (χ2n) is 6.83. The molecule has 0 spiro atoms. The van der Waals surface area contributed by atoms with E-state index in [0.29, 0.717) is 6.42 Å². The summed E-state index contributed by atoms with van der Waals surface area (Å²) >= 11 is 0. The van der Waals surface area contributed by atoms with Crippen LogP contribution in [-0.4, -0.2) is 29.3 Å². The van der Waals surface area contributed by atoms with Gasteiger partial charge in [-0.3, -0.25) is 9.69 Å². The molecule has 1 unspecified atom stereocenters. The van der Waals surface area contributed by atoms with Crippen molar-refractivity contribution in [1.82, 2.24) is 4.90 Å². The SMILES string of the molecule is CCC(C)(C(=O)CC#CC(C)(C)C)N1CCCCC1. The molecule has 1 aliphatic heterocycles. The third-order valence-corrected chi connectivity index (χ3v) is 4.06. The van der Waals surface area contributed by atoms with Crippen molar-refractivity contribution in [2.45, 2.75) is 72.3 Å². The third kappa shape index (κ3) is 4.66. The molecule has 1 atom stereocenters. The summed E-state index contributed by atoms with van der Waals surface area (Å²) in [5.74, 6) is 6.53. The molecule has 108 valence electrons. The fourth-order valence-electron chi connectivity index (χ4n) is 2.56. The Morgan fingerprint density at radius 1 is 1.11 bits per heavy atom. The van der Waals surface area contributed by atoms with Crippen LogP contribution in [-0.2, 0) is 4.79 Å². The van der Waals surface area contributed by atoms with Crippen LogP contribution in [0.15, 0.2) is 0 Å². The molecule has 2 heteroatoms. The van der Waals surface area contributed by atoms with E-state index in [1.807, 2.05) is 0 Å². The normalized spacial score (nSPS) is 20.3. The molecule has 0 aliphatic carbocycles. The molecule has 0 saturated carbocycles. The number of hydrogen-bond acceptors (Lipinski definition) is 2. The summed E-state index contributed by atoms with van der Waals surface area (Å²) in [5, 5.41) is 0. The van der Waals surface area contributed by atoms with Gasteiger partial charge in [0.25, 0.3) is 0 Å². The molecule has 1 aliphatic rings. The smallest absolute Gasteiger partial charge is 0.164 e. The highest BCUT2D eigenvalue weighted by atomic mass is 16.1. The second-order valence-corrected chi connectivity index (χ2v) is 6.83. The number of likely N-dealkylation sites (tertiary alicyclic amines) is 1. The van der Waals surface area contributed by atoms with Gasteiger partial charge in [-0.05, 0) is 60.0 Å². The van der Waals surface area contributed by atoms with Gasteiger partial charge in [0, 0.05) is 5.41 Å². The molecule has 0 radical (unpaired) electrons. The van der Waals surface area contributed by atoms with Crippen molar-refractivity contribution in [3.05, 3.63) is 0 Å². The van der Waals surface area contributed by atoms with Gasteiger partial charge < -0.3 is 0 Å². The fourth-order valence-corrected chi connectivity index (χ4v) is 2.56. The van der Waals surface area contributed by atoms with Crippen LogP contribution in [0.25, 0.3) is 0 Å². The van der Waals surface area contributed by atoms with Crippen molar-refractivity contribution >= 4 is 5.78 Å². The first-order chi connectivity index (χ1) is 8.79. The Morgan fingerprint density at radius 2 is 1.68 bits per heavy atom. The van der Waals surface area contributed by atoms with Crippen molar-refractivity contribution < 1.29 is 4.79 Å². The average Bonchev–Trinajstić information content (AvgIpc) is 2.37. The lowest BCUT2D eigenvalue weighted by Crippen LogP contribution is -2.53. The van der Waals surface area contributed by atoms with Crippen LogP contribution in [0, 0.1) is 17.3 Å². The van der Waals surface area contributed by atoms with E-state index in [1.54, 1.807) is 0 Å². The Hall–Kier alpha value is -0.810. The monoisotopic (exact) mass is 263 g/mol. The minimum absolute atomic E-state index is 0.0198. The number of piperidine rings is 1. The van der Waals surface area contributed by atoms with Gasteiger partial charge >= 0.3 is 0 Å². The van der Waals surface area contributed by atoms with Gasteiger partial charge in [-0.15, -0.1) is 0 Å². The molecule has 0 aromatic carbocycles. The first kappa shape index (κ1) is 16.2. The van der Waals surface area contributed by atoms with Gasteiger partial charge in [-0.25, -0.2) is 0 Å². The minimum Gasteiger partial charge on any atom is -0.297 e. The first-order valence-corrected chi connectivity index (χ1v) is 7.58. The van der Waals surface area contributed by atoms with Gasteiger partial charge in [0.2, 0.25) is 0 Å².